The van der Waals surface area contributed by atoms with Crippen molar-refractivity contribution in [3.63, 3.8) is 0 Å². The Morgan fingerprint density at radius 1 is 1.04 bits per heavy atom. The summed E-state index contributed by atoms with van der Waals surface area (Å²) in [5.41, 5.74) is 2.98. The van der Waals surface area contributed by atoms with E-state index in [9.17, 15) is 14.4 Å². The second kappa shape index (κ2) is 7.36. The third-order valence-corrected chi connectivity index (χ3v) is 4.61. The van der Waals surface area contributed by atoms with Crippen LogP contribution in [0.5, 0.6) is 0 Å². The third kappa shape index (κ3) is 3.80. The Balaban J connectivity index is 1.78. The van der Waals surface area contributed by atoms with Crippen LogP contribution in [0.1, 0.15) is 5.56 Å². The lowest BCUT2D eigenvalue weighted by atomic mass is 10.0. The third-order valence-electron chi connectivity index (χ3n) is 3.70. The molecule has 1 aliphatic heterocycles. The van der Waals surface area contributed by atoms with Gasteiger partial charge in [0.1, 0.15) is 6.54 Å². The topological polar surface area (TPSA) is 63.7 Å². The molecule has 0 unspecified atom stereocenters. The number of thioether (sulfide) groups is 1. The molecule has 126 valence electrons. The van der Waals surface area contributed by atoms with Crippen LogP contribution in [0.15, 0.2) is 59.5 Å². The Bertz CT molecular complexity index is 843. The number of nitrogens with zero attached hydrogens (tertiary/aromatic N) is 1. The number of ether oxygens (including phenoxy) is 1. The van der Waals surface area contributed by atoms with E-state index in [1.54, 1.807) is 6.08 Å². The van der Waals surface area contributed by atoms with E-state index in [1.165, 1.54) is 7.11 Å². The second-order valence-electron chi connectivity index (χ2n) is 5.33. The van der Waals surface area contributed by atoms with Crippen molar-refractivity contribution in [2.24, 2.45) is 0 Å². The smallest absolute Gasteiger partial charge is 0.325 e. The number of hydrogen-bond donors (Lipinski definition) is 0. The van der Waals surface area contributed by atoms with Crippen molar-refractivity contribution in [2.75, 3.05) is 13.7 Å². The van der Waals surface area contributed by atoms with E-state index in [0.29, 0.717) is 4.91 Å². The molecule has 0 N–H and O–H groups in total. The predicted molar refractivity (Wildman–Crippen MR) is 96.6 cm³/mol. The van der Waals surface area contributed by atoms with Crippen LogP contribution in [0.25, 0.3) is 17.2 Å². The highest BCUT2D eigenvalue weighted by Gasteiger charge is 2.36. The van der Waals surface area contributed by atoms with Crippen molar-refractivity contribution >= 4 is 35.0 Å². The molecule has 2 amide bonds. The Kier molecular flexibility index (Phi) is 5.00. The molecule has 0 aliphatic carbocycles. The van der Waals surface area contributed by atoms with Gasteiger partial charge in [0.2, 0.25) is 0 Å². The average molecular weight is 353 g/mol. The second-order valence-corrected chi connectivity index (χ2v) is 6.33. The summed E-state index contributed by atoms with van der Waals surface area (Å²) in [4.78, 5) is 36.6. The van der Waals surface area contributed by atoms with E-state index >= 15 is 0 Å². The Morgan fingerprint density at radius 2 is 1.68 bits per heavy atom. The van der Waals surface area contributed by atoms with Gasteiger partial charge < -0.3 is 4.74 Å². The van der Waals surface area contributed by atoms with E-state index in [2.05, 4.69) is 4.74 Å². The van der Waals surface area contributed by atoms with Crippen molar-refractivity contribution in [3.8, 4) is 11.1 Å². The zero-order valence-corrected chi connectivity index (χ0v) is 14.3. The van der Waals surface area contributed by atoms with Gasteiger partial charge in [0, 0.05) is 0 Å². The number of imide groups is 1. The fourth-order valence-electron chi connectivity index (χ4n) is 2.38. The van der Waals surface area contributed by atoms with E-state index in [0.717, 1.165) is 33.4 Å². The van der Waals surface area contributed by atoms with Crippen LogP contribution in [-0.4, -0.2) is 35.7 Å². The van der Waals surface area contributed by atoms with Crippen LogP contribution in [0.4, 0.5) is 4.79 Å². The molecular formula is C19H15NO4S. The lowest BCUT2D eigenvalue weighted by Gasteiger charge is -2.09. The summed E-state index contributed by atoms with van der Waals surface area (Å²) in [5.74, 6) is -1.11. The minimum Gasteiger partial charge on any atom is -0.468 e. The van der Waals surface area contributed by atoms with Crippen LogP contribution in [0.3, 0.4) is 0 Å². The minimum atomic E-state index is -0.629. The molecule has 2 aromatic rings. The number of benzene rings is 2. The van der Waals surface area contributed by atoms with Gasteiger partial charge in [-0.25, -0.2) is 0 Å². The molecule has 0 saturated carbocycles. The van der Waals surface area contributed by atoms with Crippen LogP contribution in [-0.2, 0) is 14.3 Å². The minimum absolute atomic E-state index is 0.293. The molecule has 0 aromatic heterocycles. The maximum absolute atomic E-state index is 12.3. The monoisotopic (exact) mass is 353 g/mol. The average Bonchev–Trinajstić information content (AvgIpc) is 2.90. The van der Waals surface area contributed by atoms with Gasteiger partial charge in [0.15, 0.2) is 0 Å². The summed E-state index contributed by atoms with van der Waals surface area (Å²) in [7, 11) is 1.21. The van der Waals surface area contributed by atoms with Gasteiger partial charge in [0.05, 0.1) is 12.0 Å². The normalized spacial score (nSPS) is 15.7. The predicted octanol–water partition coefficient (Wildman–Crippen LogP) is 3.56. The van der Waals surface area contributed by atoms with E-state index in [1.807, 2.05) is 54.6 Å². The highest BCUT2D eigenvalue weighted by molar-refractivity contribution is 8.18. The number of amides is 2. The van der Waals surface area contributed by atoms with E-state index in [4.69, 9.17) is 0 Å². The Morgan fingerprint density at radius 3 is 2.32 bits per heavy atom. The SMILES string of the molecule is COC(=O)CN1C(=O)S/C(=C\c2ccc(-c3ccccc3)cc2)C1=O. The molecule has 3 rings (SSSR count). The molecule has 25 heavy (non-hydrogen) atoms. The standard InChI is InChI=1S/C19H15NO4S/c1-24-17(21)12-20-18(22)16(25-19(20)23)11-13-7-9-15(10-8-13)14-5-3-2-4-6-14/h2-11H,12H2,1H3/b16-11-. The molecule has 0 spiro atoms. The first-order chi connectivity index (χ1) is 12.1. The largest absolute Gasteiger partial charge is 0.468 e. The van der Waals surface area contributed by atoms with Crippen LogP contribution < -0.4 is 0 Å². The van der Waals surface area contributed by atoms with Crippen LogP contribution >= 0.6 is 11.8 Å². The summed E-state index contributed by atoms with van der Waals surface area (Å²) in [5, 5.41) is -0.470. The maximum Gasteiger partial charge on any atom is 0.325 e. The first-order valence-corrected chi connectivity index (χ1v) is 8.38. The molecule has 5 nitrogen and oxygen atoms in total. The molecule has 0 atom stereocenters. The van der Waals surface area contributed by atoms with Crippen LogP contribution in [0, 0.1) is 0 Å². The fraction of sp³-hybridized carbons (Fsp3) is 0.105. The van der Waals surface area contributed by atoms with Gasteiger partial charge in [-0.2, -0.15) is 0 Å². The van der Waals surface area contributed by atoms with Gasteiger partial charge in [-0.05, 0) is 34.5 Å². The highest BCUT2D eigenvalue weighted by Crippen LogP contribution is 2.32. The van der Waals surface area contributed by atoms with Crippen molar-refractivity contribution in [1.29, 1.82) is 0 Å². The zero-order valence-electron chi connectivity index (χ0n) is 13.5. The molecule has 1 aliphatic rings. The summed E-state index contributed by atoms with van der Waals surface area (Å²) in [6.07, 6.45) is 1.65. The quantitative estimate of drug-likeness (QED) is 0.621. The first-order valence-electron chi connectivity index (χ1n) is 7.56. The van der Waals surface area contributed by atoms with Crippen molar-refractivity contribution in [2.45, 2.75) is 0 Å². The molecule has 1 heterocycles. The van der Waals surface area contributed by atoms with Gasteiger partial charge in [-0.1, -0.05) is 54.6 Å². The summed E-state index contributed by atoms with van der Waals surface area (Å²) >= 11 is 0.820. The fourth-order valence-corrected chi connectivity index (χ4v) is 3.22. The number of rotatable bonds is 4. The summed E-state index contributed by atoms with van der Waals surface area (Å²) in [6, 6.07) is 17.6. The van der Waals surface area contributed by atoms with Gasteiger partial charge in [0.25, 0.3) is 11.1 Å². The molecule has 1 fully saturated rings. The maximum atomic E-state index is 12.3. The number of hydrogen-bond acceptors (Lipinski definition) is 5. The van der Waals surface area contributed by atoms with Crippen molar-refractivity contribution < 1.29 is 19.1 Å². The van der Waals surface area contributed by atoms with Gasteiger partial charge >= 0.3 is 5.97 Å². The van der Waals surface area contributed by atoms with Gasteiger partial charge in [-0.3, -0.25) is 19.3 Å². The number of carbonyl (C=O) groups excluding carboxylic acids is 3. The van der Waals surface area contributed by atoms with Crippen LogP contribution in [0.2, 0.25) is 0 Å². The lowest BCUT2D eigenvalue weighted by Crippen LogP contribution is -2.34. The van der Waals surface area contributed by atoms with E-state index < -0.39 is 17.1 Å². The molecule has 2 aromatic carbocycles. The summed E-state index contributed by atoms with van der Waals surface area (Å²) < 4.78 is 4.50. The first kappa shape index (κ1) is 17.0. The van der Waals surface area contributed by atoms with E-state index in [-0.39, 0.29) is 6.54 Å². The Labute approximate surface area is 149 Å². The number of methoxy groups -OCH3 is 1. The zero-order chi connectivity index (χ0) is 17.8. The van der Waals surface area contributed by atoms with Gasteiger partial charge in [-0.15, -0.1) is 0 Å². The molecule has 0 bridgehead atoms. The molecule has 1 saturated heterocycles. The lowest BCUT2D eigenvalue weighted by molar-refractivity contribution is -0.143. The number of carbonyl (C=O) groups is 3. The van der Waals surface area contributed by atoms with Crippen molar-refractivity contribution in [3.05, 3.63) is 65.1 Å². The molecular weight excluding hydrogens is 338 g/mol. The van der Waals surface area contributed by atoms with Crippen molar-refractivity contribution in [1.82, 2.24) is 4.90 Å². The Hall–Kier alpha value is -2.86. The highest BCUT2D eigenvalue weighted by atomic mass is 32.2. The molecule has 6 heteroatoms. The molecule has 0 radical (unpaired) electrons. The number of esters is 1. The summed E-state index contributed by atoms with van der Waals surface area (Å²) in [6.45, 7) is -0.370.